The van der Waals surface area contributed by atoms with Crippen LogP contribution in [0, 0.1) is 5.41 Å². The summed E-state index contributed by atoms with van der Waals surface area (Å²) in [5.41, 5.74) is 6.35. The monoisotopic (exact) mass is 250 g/mol. The normalized spacial score (nSPS) is 20.2. The zero-order valence-electron chi connectivity index (χ0n) is 10.9. The quantitative estimate of drug-likeness (QED) is 0.810. The SMILES string of the molecule is CCC(N)CC(C)(C)CN1CCOCC1.Cl. The summed E-state index contributed by atoms with van der Waals surface area (Å²) >= 11 is 0. The molecule has 1 saturated heterocycles. The molecule has 98 valence electrons. The van der Waals surface area contributed by atoms with E-state index in [1.807, 2.05) is 0 Å². The summed E-state index contributed by atoms with van der Waals surface area (Å²) in [6.45, 7) is 11.9. The first-order valence-corrected chi connectivity index (χ1v) is 6.09. The first kappa shape index (κ1) is 16.2. The van der Waals surface area contributed by atoms with Crippen molar-refractivity contribution < 1.29 is 4.74 Å². The number of hydrogen-bond donors (Lipinski definition) is 1. The molecule has 1 aliphatic heterocycles. The van der Waals surface area contributed by atoms with Gasteiger partial charge in [0.05, 0.1) is 13.2 Å². The van der Waals surface area contributed by atoms with Crippen LogP contribution in [0.2, 0.25) is 0 Å². The van der Waals surface area contributed by atoms with Crippen molar-refractivity contribution in [2.75, 3.05) is 32.8 Å². The molecular weight excluding hydrogens is 224 g/mol. The first-order chi connectivity index (χ1) is 7.03. The number of morpholine rings is 1. The predicted octanol–water partition coefficient (Wildman–Crippen LogP) is 1.89. The van der Waals surface area contributed by atoms with Gasteiger partial charge in [0.1, 0.15) is 0 Å². The highest BCUT2D eigenvalue weighted by molar-refractivity contribution is 5.85. The molecule has 2 N–H and O–H groups in total. The van der Waals surface area contributed by atoms with E-state index in [0.717, 1.165) is 45.7 Å². The van der Waals surface area contributed by atoms with Gasteiger partial charge >= 0.3 is 0 Å². The molecule has 0 spiro atoms. The molecule has 0 radical (unpaired) electrons. The highest BCUT2D eigenvalue weighted by Crippen LogP contribution is 2.24. The summed E-state index contributed by atoms with van der Waals surface area (Å²) in [5, 5.41) is 0. The average molecular weight is 251 g/mol. The minimum Gasteiger partial charge on any atom is -0.379 e. The lowest BCUT2D eigenvalue weighted by atomic mass is 9.84. The summed E-state index contributed by atoms with van der Waals surface area (Å²) in [6, 6.07) is 0.348. The van der Waals surface area contributed by atoms with E-state index < -0.39 is 0 Å². The summed E-state index contributed by atoms with van der Waals surface area (Å²) in [6.07, 6.45) is 2.19. The molecule has 0 bridgehead atoms. The summed E-state index contributed by atoms with van der Waals surface area (Å²) in [7, 11) is 0. The van der Waals surface area contributed by atoms with E-state index in [2.05, 4.69) is 25.7 Å². The minimum atomic E-state index is 0. The topological polar surface area (TPSA) is 38.5 Å². The van der Waals surface area contributed by atoms with Gasteiger partial charge in [0, 0.05) is 25.7 Å². The minimum absolute atomic E-state index is 0. The maximum absolute atomic E-state index is 6.02. The molecule has 1 heterocycles. The van der Waals surface area contributed by atoms with Crippen LogP contribution in [0.5, 0.6) is 0 Å². The summed E-state index contributed by atoms with van der Waals surface area (Å²) in [4.78, 5) is 2.49. The molecule has 1 aliphatic rings. The van der Waals surface area contributed by atoms with Crippen LogP contribution in [0.1, 0.15) is 33.6 Å². The Morgan fingerprint density at radius 2 is 1.88 bits per heavy atom. The summed E-state index contributed by atoms with van der Waals surface area (Å²) < 4.78 is 5.35. The number of ether oxygens (including phenoxy) is 1. The lowest BCUT2D eigenvalue weighted by molar-refractivity contribution is 0.0190. The van der Waals surface area contributed by atoms with E-state index in [4.69, 9.17) is 10.5 Å². The Labute approximate surface area is 106 Å². The van der Waals surface area contributed by atoms with Crippen LogP contribution >= 0.6 is 12.4 Å². The first-order valence-electron chi connectivity index (χ1n) is 6.09. The van der Waals surface area contributed by atoms with Crippen LogP contribution < -0.4 is 5.73 Å². The van der Waals surface area contributed by atoms with Crippen molar-refractivity contribution in [3.63, 3.8) is 0 Å². The van der Waals surface area contributed by atoms with Crippen molar-refractivity contribution >= 4 is 12.4 Å². The second kappa shape index (κ2) is 7.49. The largest absolute Gasteiger partial charge is 0.379 e. The number of nitrogens with zero attached hydrogens (tertiary/aromatic N) is 1. The van der Waals surface area contributed by atoms with E-state index in [0.29, 0.717) is 11.5 Å². The van der Waals surface area contributed by atoms with Gasteiger partial charge in [-0.05, 0) is 18.3 Å². The van der Waals surface area contributed by atoms with Gasteiger partial charge in [-0.3, -0.25) is 4.90 Å². The third kappa shape index (κ3) is 6.04. The van der Waals surface area contributed by atoms with Crippen LogP contribution in [0.4, 0.5) is 0 Å². The van der Waals surface area contributed by atoms with Crippen molar-refractivity contribution in [2.24, 2.45) is 11.1 Å². The maximum atomic E-state index is 6.02. The number of rotatable bonds is 5. The number of hydrogen-bond acceptors (Lipinski definition) is 3. The molecule has 1 rings (SSSR count). The number of halogens is 1. The van der Waals surface area contributed by atoms with Crippen LogP contribution in [0.25, 0.3) is 0 Å². The van der Waals surface area contributed by atoms with Crippen molar-refractivity contribution in [1.29, 1.82) is 0 Å². The van der Waals surface area contributed by atoms with Crippen LogP contribution in [-0.2, 0) is 4.74 Å². The Morgan fingerprint density at radius 3 is 2.38 bits per heavy atom. The molecule has 0 aromatic heterocycles. The molecule has 0 aromatic rings. The standard InChI is InChI=1S/C12H26N2O.ClH/c1-4-11(13)9-12(2,3)10-14-5-7-15-8-6-14;/h11H,4-10,13H2,1-3H3;1H. The zero-order chi connectivity index (χ0) is 11.3. The molecule has 0 aromatic carbocycles. The molecule has 1 atom stereocenters. The van der Waals surface area contributed by atoms with Gasteiger partial charge < -0.3 is 10.5 Å². The third-order valence-electron chi connectivity index (χ3n) is 3.09. The highest BCUT2D eigenvalue weighted by atomic mass is 35.5. The molecular formula is C12H27ClN2O. The fourth-order valence-corrected chi connectivity index (χ4v) is 2.28. The van der Waals surface area contributed by atoms with Crippen LogP contribution in [-0.4, -0.2) is 43.8 Å². The molecule has 3 nitrogen and oxygen atoms in total. The van der Waals surface area contributed by atoms with E-state index in [9.17, 15) is 0 Å². The third-order valence-corrected chi connectivity index (χ3v) is 3.09. The lowest BCUT2D eigenvalue weighted by Crippen LogP contribution is -2.43. The molecule has 16 heavy (non-hydrogen) atoms. The second-order valence-corrected chi connectivity index (χ2v) is 5.43. The molecule has 1 fully saturated rings. The van der Waals surface area contributed by atoms with Crippen molar-refractivity contribution in [2.45, 2.75) is 39.7 Å². The van der Waals surface area contributed by atoms with Crippen LogP contribution in [0.15, 0.2) is 0 Å². The lowest BCUT2D eigenvalue weighted by Gasteiger charge is -2.36. The van der Waals surface area contributed by atoms with Gasteiger partial charge in [-0.2, -0.15) is 0 Å². The van der Waals surface area contributed by atoms with Crippen molar-refractivity contribution in [3.8, 4) is 0 Å². The number of nitrogens with two attached hydrogens (primary N) is 1. The van der Waals surface area contributed by atoms with Crippen molar-refractivity contribution in [1.82, 2.24) is 4.90 Å². The molecule has 0 amide bonds. The van der Waals surface area contributed by atoms with E-state index in [-0.39, 0.29) is 12.4 Å². The molecule has 4 heteroatoms. The molecule has 0 aliphatic carbocycles. The van der Waals surface area contributed by atoms with Crippen molar-refractivity contribution in [3.05, 3.63) is 0 Å². The Hall–Kier alpha value is 0.170. The van der Waals surface area contributed by atoms with Gasteiger partial charge in [-0.1, -0.05) is 20.8 Å². The average Bonchev–Trinajstić information content (AvgIpc) is 2.17. The van der Waals surface area contributed by atoms with Gasteiger partial charge in [0.25, 0.3) is 0 Å². The van der Waals surface area contributed by atoms with Gasteiger partial charge in [-0.25, -0.2) is 0 Å². The smallest absolute Gasteiger partial charge is 0.0594 e. The summed E-state index contributed by atoms with van der Waals surface area (Å²) in [5.74, 6) is 0. The fraction of sp³-hybridized carbons (Fsp3) is 1.00. The zero-order valence-corrected chi connectivity index (χ0v) is 11.7. The van der Waals surface area contributed by atoms with Crippen LogP contribution in [0.3, 0.4) is 0 Å². The fourth-order valence-electron chi connectivity index (χ4n) is 2.28. The Balaban J connectivity index is 0.00000225. The predicted molar refractivity (Wildman–Crippen MR) is 71.2 cm³/mol. The Bertz CT molecular complexity index is 182. The van der Waals surface area contributed by atoms with Gasteiger partial charge in [0.2, 0.25) is 0 Å². The molecule has 0 saturated carbocycles. The van der Waals surface area contributed by atoms with Gasteiger partial charge in [-0.15, -0.1) is 12.4 Å². The molecule has 1 unspecified atom stereocenters. The van der Waals surface area contributed by atoms with E-state index in [1.165, 1.54) is 0 Å². The highest BCUT2D eigenvalue weighted by Gasteiger charge is 2.24. The Kier molecular flexibility index (Phi) is 7.57. The second-order valence-electron chi connectivity index (χ2n) is 5.43. The van der Waals surface area contributed by atoms with Gasteiger partial charge in [0.15, 0.2) is 0 Å². The maximum Gasteiger partial charge on any atom is 0.0594 e. The Morgan fingerprint density at radius 1 is 1.31 bits per heavy atom. The van der Waals surface area contributed by atoms with E-state index in [1.54, 1.807) is 0 Å². The van der Waals surface area contributed by atoms with E-state index >= 15 is 0 Å².